The zero-order chi connectivity index (χ0) is 9.68. The summed E-state index contributed by atoms with van der Waals surface area (Å²) in [6.07, 6.45) is 7.42. The maximum Gasteiger partial charge on any atom is 0.303 e. The lowest BCUT2D eigenvalue weighted by Crippen LogP contribution is -2.30. The van der Waals surface area contributed by atoms with Crippen LogP contribution in [-0.4, -0.2) is 24.8 Å². The average molecular weight is 182 g/mol. The molecule has 1 rings (SSSR count). The van der Waals surface area contributed by atoms with Gasteiger partial charge in [0.1, 0.15) is 6.10 Å². The number of hydrogen-bond donors (Lipinski definition) is 0. The third-order valence-electron chi connectivity index (χ3n) is 2.00. The van der Waals surface area contributed by atoms with E-state index >= 15 is 0 Å². The Morgan fingerprint density at radius 1 is 1.62 bits per heavy atom. The molecule has 0 aliphatic carbocycles. The summed E-state index contributed by atoms with van der Waals surface area (Å²) in [5, 5.41) is 0. The smallest absolute Gasteiger partial charge is 0.303 e. The molecule has 3 nitrogen and oxygen atoms in total. The van der Waals surface area contributed by atoms with E-state index in [4.69, 9.17) is 15.9 Å². The highest BCUT2D eigenvalue weighted by Crippen LogP contribution is 2.16. The number of esters is 1. The van der Waals surface area contributed by atoms with Gasteiger partial charge in [0.2, 0.25) is 0 Å². The van der Waals surface area contributed by atoms with Crippen LogP contribution in [0, 0.1) is 12.3 Å². The predicted octanol–water partition coefficient (Wildman–Crippen LogP) is 1.12. The van der Waals surface area contributed by atoms with Crippen LogP contribution in [0.4, 0.5) is 0 Å². The summed E-state index contributed by atoms with van der Waals surface area (Å²) in [4.78, 5) is 10.7. The Hall–Kier alpha value is -1.01. The van der Waals surface area contributed by atoms with Crippen LogP contribution >= 0.6 is 0 Å². The van der Waals surface area contributed by atoms with E-state index in [2.05, 4.69) is 5.92 Å². The van der Waals surface area contributed by atoms with Gasteiger partial charge in [0, 0.05) is 13.5 Å². The zero-order valence-electron chi connectivity index (χ0n) is 7.79. The lowest BCUT2D eigenvalue weighted by atomic mass is 10.1. The fourth-order valence-electron chi connectivity index (χ4n) is 1.41. The van der Waals surface area contributed by atoms with Gasteiger partial charge in [-0.2, -0.15) is 0 Å². The normalized spacial score (nSPS) is 28.6. The van der Waals surface area contributed by atoms with Crippen molar-refractivity contribution in [2.75, 3.05) is 6.61 Å². The number of rotatable bonds is 1. The lowest BCUT2D eigenvalue weighted by Gasteiger charge is -2.19. The first-order valence-electron chi connectivity index (χ1n) is 4.49. The minimum Gasteiger partial charge on any atom is -0.459 e. The Morgan fingerprint density at radius 3 is 3.00 bits per heavy atom. The van der Waals surface area contributed by atoms with Gasteiger partial charge in [-0.05, 0) is 19.3 Å². The van der Waals surface area contributed by atoms with Crippen molar-refractivity contribution < 1.29 is 14.3 Å². The van der Waals surface area contributed by atoms with E-state index in [1.165, 1.54) is 6.92 Å². The van der Waals surface area contributed by atoms with Gasteiger partial charge >= 0.3 is 5.97 Å². The molecule has 0 aromatic heterocycles. The first kappa shape index (κ1) is 10.1. The van der Waals surface area contributed by atoms with Gasteiger partial charge in [0.15, 0.2) is 6.10 Å². The Labute approximate surface area is 78.4 Å². The third kappa shape index (κ3) is 3.08. The maximum absolute atomic E-state index is 10.7. The van der Waals surface area contributed by atoms with Crippen LogP contribution in [0.25, 0.3) is 0 Å². The second-order valence-electron chi connectivity index (χ2n) is 3.10. The Balaban J connectivity index is 2.55. The van der Waals surface area contributed by atoms with E-state index in [-0.39, 0.29) is 18.2 Å². The van der Waals surface area contributed by atoms with Gasteiger partial charge in [-0.1, -0.05) is 5.92 Å². The van der Waals surface area contributed by atoms with Crippen LogP contribution < -0.4 is 0 Å². The first-order valence-corrected chi connectivity index (χ1v) is 4.49. The fourth-order valence-corrected chi connectivity index (χ4v) is 1.41. The second-order valence-corrected chi connectivity index (χ2v) is 3.10. The van der Waals surface area contributed by atoms with E-state index in [9.17, 15) is 4.79 Å². The largest absolute Gasteiger partial charge is 0.459 e. The molecule has 72 valence electrons. The molecule has 3 heteroatoms. The SMILES string of the molecule is C#C[C@@H]1OCCCC[C@H]1OC(C)=O. The maximum atomic E-state index is 10.7. The molecule has 0 saturated carbocycles. The number of terminal acetylenes is 1. The van der Waals surface area contributed by atoms with Crippen molar-refractivity contribution in [1.29, 1.82) is 0 Å². The molecular formula is C10H14O3. The van der Waals surface area contributed by atoms with Crippen LogP contribution in [0.5, 0.6) is 0 Å². The van der Waals surface area contributed by atoms with Crippen LogP contribution in [0.2, 0.25) is 0 Å². The highest BCUT2D eigenvalue weighted by molar-refractivity contribution is 5.66. The van der Waals surface area contributed by atoms with Crippen molar-refractivity contribution >= 4 is 5.97 Å². The van der Waals surface area contributed by atoms with E-state index in [1.807, 2.05) is 0 Å². The van der Waals surface area contributed by atoms with E-state index in [0.29, 0.717) is 6.61 Å². The molecule has 0 amide bonds. The summed E-state index contributed by atoms with van der Waals surface area (Å²) < 4.78 is 10.4. The van der Waals surface area contributed by atoms with Gasteiger partial charge in [-0.15, -0.1) is 6.42 Å². The number of hydrogen-bond acceptors (Lipinski definition) is 3. The molecule has 1 fully saturated rings. The van der Waals surface area contributed by atoms with E-state index in [0.717, 1.165) is 19.3 Å². The molecular weight excluding hydrogens is 168 g/mol. The highest BCUT2D eigenvalue weighted by atomic mass is 16.6. The second kappa shape index (κ2) is 4.88. The fraction of sp³-hybridized carbons (Fsp3) is 0.700. The minimum absolute atomic E-state index is 0.259. The molecule has 0 aromatic rings. The Morgan fingerprint density at radius 2 is 2.38 bits per heavy atom. The average Bonchev–Trinajstić information content (AvgIpc) is 2.28. The molecule has 0 radical (unpaired) electrons. The van der Waals surface area contributed by atoms with Gasteiger partial charge in [0.05, 0.1) is 0 Å². The standard InChI is InChI=1S/C10H14O3/c1-3-9-10(13-8(2)11)6-4-5-7-12-9/h1,9-10H,4-7H2,2H3/t9-,10+/m0/s1. The van der Waals surface area contributed by atoms with Gasteiger partial charge in [-0.3, -0.25) is 4.79 Å². The summed E-state index contributed by atoms with van der Waals surface area (Å²) in [7, 11) is 0. The number of carbonyl (C=O) groups excluding carboxylic acids is 1. The molecule has 1 aliphatic rings. The van der Waals surface area contributed by atoms with Crippen molar-refractivity contribution in [2.24, 2.45) is 0 Å². The number of carbonyl (C=O) groups is 1. The van der Waals surface area contributed by atoms with Crippen LogP contribution in [0.3, 0.4) is 0 Å². The summed E-state index contributed by atoms with van der Waals surface area (Å²) in [6, 6.07) is 0. The number of ether oxygens (including phenoxy) is 2. The Bertz CT molecular complexity index is 217. The molecule has 0 N–H and O–H groups in total. The quantitative estimate of drug-likeness (QED) is 0.450. The Kier molecular flexibility index (Phi) is 3.78. The van der Waals surface area contributed by atoms with Crippen molar-refractivity contribution in [1.82, 2.24) is 0 Å². The minimum atomic E-state index is -0.369. The summed E-state index contributed by atoms with van der Waals surface area (Å²) in [5.41, 5.74) is 0. The molecule has 1 saturated heterocycles. The van der Waals surface area contributed by atoms with Gasteiger partial charge in [-0.25, -0.2) is 0 Å². The van der Waals surface area contributed by atoms with E-state index in [1.54, 1.807) is 0 Å². The topological polar surface area (TPSA) is 35.5 Å². The molecule has 0 bridgehead atoms. The predicted molar refractivity (Wildman–Crippen MR) is 48.0 cm³/mol. The van der Waals surface area contributed by atoms with Gasteiger partial charge in [0.25, 0.3) is 0 Å². The molecule has 0 aromatic carbocycles. The molecule has 0 unspecified atom stereocenters. The molecule has 0 spiro atoms. The summed E-state index contributed by atoms with van der Waals surface area (Å²) in [5.74, 6) is 2.20. The molecule has 2 atom stereocenters. The lowest BCUT2D eigenvalue weighted by molar-refractivity contribution is -0.151. The summed E-state index contributed by atoms with van der Waals surface area (Å²) in [6.45, 7) is 2.05. The van der Waals surface area contributed by atoms with Crippen molar-refractivity contribution in [2.45, 2.75) is 38.4 Å². The van der Waals surface area contributed by atoms with Gasteiger partial charge < -0.3 is 9.47 Å². The van der Waals surface area contributed by atoms with Crippen molar-refractivity contribution in [3.8, 4) is 12.3 Å². The molecule has 13 heavy (non-hydrogen) atoms. The first-order chi connectivity index (χ1) is 6.24. The zero-order valence-corrected chi connectivity index (χ0v) is 7.79. The van der Waals surface area contributed by atoms with Crippen molar-refractivity contribution in [3.05, 3.63) is 0 Å². The molecule has 1 aliphatic heterocycles. The highest BCUT2D eigenvalue weighted by Gasteiger charge is 2.24. The van der Waals surface area contributed by atoms with Crippen LogP contribution in [0.15, 0.2) is 0 Å². The monoisotopic (exact) mass is 182 g/mol. The van der Waals surface area contributed by atoms with Crippen LogP contribution in [0.1, 0.15) is 26.2 Å². The van der Waals surface area contributed by atoms with E-state index < -0.39 is 0 Å². The third-order valence-corrected chi connectivity index (χ3v) is 2.00. The van der Waals surface area contributed by atoms with Crippen LogP contribution in [-0.2, 0) is 14.3 Å². The molecule has 1 heterocycles. The summed E-state index contributed by atoms with van der Waals surface area (Å²) >= 11 is 0. The van der Waals surface area contributed by atoms with Crippen molar-refractivity contribution in [3.63, 3.8) is 0 Å².